The summed E-state index contributed by atoms with van der Waals surface area (Å²) in [6.07, 6.45) is -1.02. The van der Waals surface area contributed by atoms with Crippen LogP contribution in [0.5, 0.6) is 0 Å². The van der Waals surface area contributed by atoms with Crippen molar-refractivity contribution in [3.05, 3.63) is 34.9 Å². The van der Waals surface area contributed by atoms with Crippen molar-refractivity contribution in [3.8, 4) is 0 Å². The van der Waals surface area contributed by atoms with Crippen LogP contribution in [0.25, 0.3) is 0 Å². The van der Waals surface area contributed by atoms with E-state index in [-0.39, 0.29) is 4.90 Å². The van der Waals surface area contributed by atoms with Crippen molar-refractivity contribution >= 4 is 23.8 Å². The normalized spacial score (nSPS) is 15.0. The first-order valence-corrected chi connectivity index (χ1v) is 5.55. The minimum atomic E-state index is -1.96. The molecule has 110 valence electrons. The van der Waals surface area contributed by atoms with E-state index in [9.17, 15) is 28.0 Å². The summed E-state index contributed by atoms with van der Waals surface area (Å²) in [6, 6.07) is -1.00. The van der Waals surface area contributed by atoms with Gasteiger partial charge < -0.3 is 10.2 Å². The highest BCUT2D eigenvalue weighted by molar-refractivity contribution is 6.22. The number of carbonyl (C=O) groups excluding carboxylic acids is 2. The van der Waals surface area contributed by atoms with Gasteiger partial charge in [-0.15, -0.1) is 0 Å². The lowest BCUT2D eigenvalue weighted by atomic mass is 10.1. The van der Waals surface area contributed by atoms with Crippen molar-refractivity contribution in [1.82, 2.24) is 4.90 Å². The molecule has 0 aromatic heterocycles. The third kappa shape index (κ3) is 2.33. The molecule has 21 heavy (non-hydrogen) atoms. The molecule has 0 radical (unpaired) electrons. The van der Waals surface area contributed by atoms with Gasteiger partial charge in [-0.3, -0.25) is 19.3 Å². The lowest BCUT2D eigenvalue weighted by molar-refractivity contribution is -0.147. The molecule has 2 rings (SSSR count). The fraction of sp³-hybridized carbons (Fsp3) is 0.167. The number of hydrogen-bond donors (Lipinski definition) is 2. The first-order valence-electron chi connectivity index (χ1n) is 5.55. The summed E-state index contributed by atoms with van der Waals surface area (Å²) in [5.41, 5.74) is -1.01. The van der Waals surface area contributed by atoms with Crippen LogP contribution in [0.15, 0.2) is 12.1 Å². The van der Waals surface area contributed by atoms with Gasteiger partial charge in [0.2, 0.25) is 0 Å². The summed E-state index contributed by atoms with van der Waals surface area (Å²) in [6.45, 7) is 0. The fourth-order valence-electron chi connectivity index (χ4n) is 1.99. The van der Waals surface area contributed by atoms with Crippen LogP contribution >= 0.6 is 0 Å². The smallest absolute Gasteiger partial charge is 0.327 e. The first kappa shape index (κ1) is 14.6. The van der Waals surface area contributed by atoms with Crippen LogP contribution in [-0.4, -0.2) is 44.9 Å². The van der Waals surface area contributed by atoms with Crippen LogP contribution < -0.4 is 0 Å². The van der Waals surface area contributed by atoms with Gasteiger partial charge in [0.25, 0.3) is 11.8 Å². The number of rotatable bonds is 4. The zero-order valence-corrected chi connectivity index (χ0v) is 10.2. The first-order chi connectivity index (χ1) is 9.73. The predicted molar refractivity (Wildman–Crippen MR) is 60.5 cm³/mol. The second kappa shape index (κ2) is 4.93. The second-order valence-electron chi connectivity index (χ2n) is 4.24. The number of carbonyl (C=O) groups is 4. The maximum Gasteiger partial charge on any atom is 0.327 e. The van der Waals surface area contributed by atoms with Crippen molar-refractivity contribution in [2.45, 2.75) is 12.5 Å². The Bertz CT molecular complexity index is 646. The summed E-state index contributed by atoms with van der Waals surface area (Å²) >= 11 is 0. The van der Waals surface area contributed by atoms with E-state index in [1.54, 1.807) is 0 Å². The number of carboxylic acids is 2. The van der Waals surface area contributed by atoms with Crippen LogP contribution in [0.1, 0.15) is 27.1 Å². The Labute approximate surface area is 115 Å². The number of carboxylic acid groups (broad SMARTS) is 2. The van der Waals surface area contributed by atoms with Gasteiger partial charge in [-0.1, -0.05) is 0 Å². The van der Waals surface area contributed by atoms with Crippen LogP contribution in [-0.2, 0) is 9.59 Å². The molecule has 0 bridgehead atoms. The highest BCUT2D eigenvalue weighted by Crippen LogP contribution is 2.27. The van der Waals surface area contributed by atoms with E-state index in [1.807, 2.05) is 0 Å². The Morgan fingerprint density at radius 3 is 1.81 bits per heavy atom. The number of nitrogens with zero attached hydrogens (tertiary/aromatic N) is 1. The highest BCUT2D eigenvalue weighted by Gasteiger charge is 2.44. The molecule has 7 nitrogen and oxygen atoms in total. The summed E-state index contributed by atoms with van der Waals surface area (Å²) < 4.78 is 26.2. The lowest BCUT2D eigenvalue weighted by Crippen LogP contribution is -2.46. The average molecular weight is 299 g/mol. The maximum atomic E-state index is 13.1. The van der Waals surface area contributed by atoms with Crippen LogP contribution in [0.2, 0.25) is 0 Å². The number of fused-ring (bicyclic) bond motifs is 1. The van der Waals surface area contributed by atoms with Crippen LogP contribution in [0.3, 0.4) is 0 Å². The van der Waals surface area contributed by atoms with Crippen molar-refractivity contribution in [2.75, 3.05) is 0 Å². The molecular weight excluding hydrogens is 292 g/mol. The monoisotopic (exact) mass is 299 g/mol. The summed E-state index contributed by atoms with van der Waals surface area (Å²) in [4.78, 5) is 45.8. The van der Waals surface area contributed by atoms with Gasteiger partial charge in [-0.25, -0.2) is 13.6 Å². The zero-order valence-electron chi connectivity index (χ0n) is 10.2. The molecule has 2 amide bonds. The Balaban J connectivity index is 2.49. The third-order valence-electron chi connectivity index (χ3n) is 2.92. The van der Waals surface area contributed by atoms with E-state index in [2.05, 4.69) is 0 Å². The Morgan fingerprint density at radius 2 is 1.48 bits per heavy atom. The molecule has 1 aromatic carbocycles. The van der Waals surface area contributed by atoms with Gasteiger partial charge in [-0.05, 0) is 12.1 Å². The van der Waals surface area contributed by atoms with Gasteiger partial charge >= 0.3 is 11.9 Å². The molecule has 0 saturated heterocycles. The lowest BCUT2D eigenvalue weighted by Gasteiger charge is -2.20. The largest absolute Gasteiger partial charge is 0.481 e. The SMILES string of the molecule is O=C(O)CC(C(=O)O)N1C(=O)c2cc(F)c(F)cc2C1=O. The van der Waals surface area contributed by atoms with E-state index in [1.165, 1.54) is 0 Å². The maximum absolute atomic E-state index is 13.1. The van der Waals surface area contributed by atoms with E-state index in [0.717, 1.165) is 0 Å². The molecule has 0 spiro atoms. The minimum Gasteiger partial charge on any atom is -0.481 e. The molecule has 1 unspecified atom stereocenters. The van der Waals surface area contributed by atoms with E-state index in [0.29, 0.717) is 12.1 Å². The molecule has 1 aromatic rings. The highest BCUT2D eigenvalue weighted by atomic mass is 19.2. The fourth-order valence-corrected chi connectivity index (χ4v) is 1.99. The van der Waals surface area contributed by atoms with Crippen molar-refractivity contribution < 1.29 is 38.2 Å². The second-order valence-corrected chi connectivity index (χ2v) is 4.24. The molecule has 0 aliphatic carbocycles. The molecule has 1 aliphatic rings. The van der Waals surface area contributed by atoms with E-state index >= 15 is 0 Å². The molecular formula is C12H7F2NO6. The van der Waals surface area contributed by atoms with Gasteiger partial charge in [0, 0.05) is 0 Å². The van der Waals surface area contributed by atoms with Crippen LogP contribution in [0.4, 0.5) is 8.78 Å². The van der Waals surface area contributed by atoms with E-state index < -0.39 is 59.0 Å². The molecule has 0 saturated carbocycles. The molecule has 1 heterocycles. The number of aliphatic carboxylic acids is 2. The molecule has 2 N–H and O–H groups in total. The Morgan fingerprint density at radius 1 is 1.05 bits per heavy atom. The minimum absolute atomic E-state index is 0.181. The topological polar surface area (TPSA) is 112 Å². The van der Waals surface area contributed by atoms with Crippen molar-refractivity contribution in [2.24, 2.45) is 0 Å². The van der Waals surface area contributed by atoms with Crippen molar-refractivity contribution in [1.29, 1.82) is 0 Å². The molecule has 1 aliphatic heterocycles. The number of halogens is 2. The standard InChI is InChI=1S/C12H7F2NO6/c13-6-1-4-5(2-7(6)14)11(19)15(10(4)18)8(12(20)21)3-9(16)17/h1-2,8H,3H2,(H,16,17)(H,20,21). The predicted octanol–water partition coefficient (Wildman–Crippen LogP) is 0.489. The van der Waals surface area contributed by atoms with Gasteiger partial charge in [0.05, 0.1) is 17.5 Å². The molecule has 9 heteroatoms. The summed E-state index contributed by atoms with van der Waals surface area (Å²) in [7, 11) is 0. The van der Waals surface area contributed by atoms with Crippen LogP contribution in [0, 0.1) is 11.6 Å². The quantitative estimate of drug-likeness (QED) is 0.782. The molecule has 0 fully saturated rings. The Kier molecular flexibility index (Phi) is 3.42. The van der Waals surface area contributed by atoms with Gasteiger partial charge in [0.1, 0.15) is 6.04 Å². The number of imide groups is 1. The van der Waals surface area contributed by atoms with E-state index in [4.69, 9.17) is 10.2 Å². The average Bonchev–Trinajstić information content (AvgIpc) is 2.60. The van der Waals surface area contributed by atoms with Gasteiger partial charge in [-0.2, -0.15) is 0 Å². The number of amides is 2. The molecule has 1 atom stereocenters. The Hall–Kier alpha value is -2.84. The third-order valence-corrected chi connectivity index (χ3v) is 2.92. The number of hydrogen-bond acceptors (Lipinski definition) is 4. The number of benzene rings is 1. The summed E-state index contributed by atoms with van der Waals surface area (Å²) in [5, 5.41) is 17.6. The van der Waals surface area contributed by atoms with Gasteiger partial charge in [0.15, 0.2) is 11.6 Å². The van der Waals surface area contributed by atoms with Crippen molar-refractivity contribution in [3.63, 3.8) is 0 Å². The summed E-state index contributed by atoms with van der Waals surface area (Å²) in [5.74, 6) is -8.36. The zero-order chi connectivity index (χ0) is 15.9.